The first kappa shape index (κ1) is 23.8. The third-order valence-electron chi connectivity index (χ3n) is 2.11. The fourth-order valence-electron chi connectivity index (χ4n) is 1.45. The Hall–Kier alpha value is -2.21. The molecule has 0 amide bonds. The maximum atomic E-state index is 9.87. The summed E-state index contributed by atoms with van der Waals surface area (Å²) >= 11 is 0. The third kappa shape index (κ3) is 10.6. The van der Waals surface area contributed by atoms with E-state index >= 15 is 0 Å². The van der Waals surface area contributed by atoms with Gasteiger partial charge in [0.15, 0.2) is 0 Å². The molecule has 2 aromatic heterocycles. The Morgan fingerprint density at radius 2 is 1.65 bits per heavy atom. The van der Waals surface area contributed by atoms with Gasteiger partial charge in [0.2, 0.25) is 5.65 Å². The summed E-state index contributed by atoms with van der Waals surface area (Å²) in [7, 11) is -1.59. The van der Waals surface area contributed by atoms with Crippen LogP contribution in [0.25, 0.3) is 11.2 Å². The molecular weight excluding hydrogens is 391 g/mol. The van der Waals surface area contributed by atoms with Crippen LogP contribution in [-0.4, -0.2) is 70.9 Å². The van der Waals surface area contributed by atoms with E-state index in [0.29, 0.717) is 17.2 Å². The molecule has 0 radical (unpaired) electrons. The van der Waals surface area contributed by atoms with E-state index in [0.717, 1.165) is 0 Å². The Labute approximate surface area is 145 Å². The predicted octanol–water partition coefficient (Wildman–Crippen LogP) is 2.40. The number of nitrogens with zero attached hydrogens (tertiary/aromatic N) is 6. The van der Waals surface area contributed by atoms with Gasteiger partial charge in [-0.2, -0.15) is 0 Å². The van der Waals surface area contributed by atoms with Gasteiger partial charge in [-0.1, -0.05) is 0 Å². The van der Waals surface area contributed by atoms with Gasteiger partial charge in [-0.05, 0) is 29.2 Å². The van der Waals surface area contributed by atoms with Gasteiger partial charge < -0.3 is 5.73 Å². The van der Waals surface area contributed by atoms with Gasteiger partial charge in [0.1, 0.15) is 5.52 Å². The molecule has 0 aromatic carbocycles. The van der Waals surface area contributed by atoms with Crippen LogP contribution in [-0.2, 0) is 0 Å². The van der Waals surface area contributed by atoms with Crippen molar-refractivity contribution in [1.29, 1.82) is 0 Å². The van der Waals surface area contributed by atoms with E-state index in [9.17, 15) is 25.2 Å². The van der Waals surface area contributed by atoms with Gasteiger partial charge >= 0.3 is 39.0 Å². The first-order chi connectivity index (χ1) is 11.5. The molecule has 0 saturated heterocycles. The molecule has 0 aliphatic rings. The van der Waals surface area contributed by atoms with Crippen LogP contribution in [0.5, 0.6) is 0 Å². The van der Waals surface area contributed by atoms with Crippen LogP contribution < -0.4 is 10.6 Å². The zero-order chi connectivity index (χ0) is 20.8. The molecule has 0 fully saturated rings. The summed E-state index contributed by atoms with van der Waals surface area (Å²) in [5.41, 5.74) is 5.79. The molecule has 2 aromatic rings. The molecular formula is C11H20F6N7OP. The van der Waals surface area contributed by atoms with Crippen molar-refractivity contribution < 1.29 is 34.6 Å². The van der Waals surface area contributed by atoms with Gasteiger partial charge in [0, 0.05) is 6.20 Å². The van der Waals surface area contributed by atoms with Gasteiger partial charge in [0.25, 0.3) is 0 Å². The molecule has 26 heavy (non-hydrogen) atoms. The second-order valence-electron chi connectivity index (χ2n) is 4.93. The Morgan fingerprint density at radius 3 is 2.08 bits per heavy atom. The van der Waals surface area contributed by atoms with Crippen LogP contribution in [0.15, 0.2) is 18.3 Å². The van der Waals surface area contributed by atoms with E-state index in [1.54, 1.807) is 6.20 Å². The van der Waals surface area contributed by atoms with E-state index < -0.39 is 7.81 Å². The molecule has 0 aliphatic heterocycles. The van der Waals surface area contributed by atoms with Gasteiger partial charge in [-0.15, -0.1) is 5.10 Å². The first-order valence-corrected chi connectivity index (χ1v) is 8.78. The predicted molar refractivity (Wildman–Crippen MR) is 86.4 cm³/mol. The van der Waals surface area contributed by atoms with Crippen molar-refractivity contribution in [3.8, 4) is 0 Å². The normalized spacial score (nSPS) is 13.2. The summed E-state index contributed by atoms with van der Waals surface area (Å²) in [6.45, 7) is 0. The van der Waals surface area contributed by atoms with Crippen LogP contribution in [0.3, 0.4) is 0 Å². The molecule has 0 saturated carbocycles. The van der Waals surface area contributed by atoms with E-state index in [2.05, 4.69) is 21.0 Å². The minimum atomic E-state index is -10.7. The summed E-state index contributed by atoms with van der Waals surface area (Å²) < 4.78 is 61.0. The molecule has 152 valence electrons. The number of rotatable bonds is 1. The molecule has 0 bridgehead atoms. The molecule has 2 heterocycles. The fourth-order valence-corrected chi connectivity index (χ4v) is 1.45. The number of pyridine rings is 1. The number of fused-ring (bicyclic) bond motifs is 1. The van der Waals surface area contributed by atoms with Gasteiger partial charge in [-0.3, -0.25) is 4.84 Å². The fraction of sp³-hybridized carbons (Fsp3) is 0.455. The van der Waals surface area contributed by atoms with Crippen LogP contribution in [0.2, 0.25) is 0 Å². The van der Waals surface area contributed by atoms with Crippen molar-refractivity contribution in [2.75, 3.05) is 35.2 Å². The second kappa shape index (κ2) is 7.58. The summed E-state index contributed by atoms with van der Waals surface area (Å²) in [5, 5.41) is 7.87. The Kier molecular flexibility index (Phi) is 6.93. The summed E-state index contributed by atoms with van der Waals surface area (Å²) in [6.07, 6.45) is 1.68. The van der Waals surface area contributed by atoms with E-state index in [1.807, 2.05) is 49.8 Å². The Balaban J connectivity index is 0.000000589. The number of halogens is 6. The number of hydrogen-bond donors (Lipinski definition) is 1. The maximum absolute atomic E-state index is 10.7. The molecule has 0 atom stereocenters. The quantitative estimate of drug-likeness (QED) is 0.255. The van der Waals surface area contributed by atoms with E-state index in [1.165, 1.54) is 11.9 Å². The molecule has 15 heteroatoms. The Bertz CT molecular complexity index is 744. The molecule has 2 N–H and O–H groups in total. The molecule has 0 spiro atoms. The molecule has 0 unspecified atom stereocenters. The number of amidine groups is 1. The standard InChI is InChI=1S/C10H15N6O.CH5N.F6P/c1-14(2)10(15(3)4)17-16-9-8(12-13-16)6-5-7-11-9;1-2;1-7(2,3,4,5)6/h5-7H,1-4H3;2H2,1H3;/q+1;;-1. The first-order valence-electron chi connectivity index (χ1n) is 6.75. The van der Waals surface area contributed by atoms with Crippen molar-refractivity contribution in [2.45, 2.75) is 0 Å². The van der Waals surface area contributed by atoms with E-state index in [4.69, 9.17) is 4.84 Å². The van der Waals surface area contributed by atoms with Crippen molar-refractivity contribution in [2.24, 2.45) is 5.73 Å². The van der Waals surface area contributed by atoms with Gasteiger partial charge in [-0.25, -0.2) is 14.5 Å². The molecule has 0 aliphatic carbocycles. The zero-order valence-corrected chi connectivity index (χ0v) is 15.5. The van der Waals surface area contributed by atoms with Crippen molar-refractivity contribution in [1.82, 2.24) is 25.0 Å². The molecule has 8 nitrogen and oxygen atoms in total. The van der Waals surface area contributed by atoms with Crippen molar-refractivity contribution in [3.63, 3.8) is 0 Å². The van der Waals surface area contributed by atoms with Crippen LogP contribution >= 0.6 is 7.81 Å². The zero-order valence-electron chi connectivity index (χ0n) is 14.6. The number of hydrogen-bond acceptors (Lipinski definition) is 5. The van der Waals surface area contributed by atoms with Crippen molar-refractivity contribution in [3.05, 3.63) is 18.3 Å². The second-order valence-corrected chi connectivity index (χ2v) is 6.85. The average molecular weight is 411 g/mol. The Morgan fingerprint density at radius 1 is 1.15 bits per heavy atom. The SMILES string of the molecule is CN.CN(C)C(On1nnc2cccnc21)=[N+](C)C.F[P-](F)(F)(F)(F)F. The van der Waals surface area contributed by atoms with E-state index in [-0.39, 0.29) is 0 Å². The van der Waals surface area contributed by atoms with Gasteiger partial charge in [0.05, 0.1) is 28.2 Å². The summed E-state index contributed by atoms with van der Waals surface area (Å²) in [5.74, 6) is 0. The van der Waals surface area contributed by atoms with Crippen molar-refractivity contribution >= 4 is 25.0 Å². The van der Waals surface area contributed by atoms with Crippen LogP contribution in [0.1, 0.15) is 0 Å². The summed E-state index contributed by atoms with van der Waals surface area (Å²) in [4.78, 5) is 13.0. The number of aromatic nitrogens is 4. The van der Waals surface area contributed by atoms with Crippen LogP contribution in [0, 0.1) is 0 Å². The minimum absolute atomic E-state index is 0.591. The summed E-state index contributed by atoms with van der Waals surface area (Å²) in [6, 6.07) is 4.28. The molecule has 2 rings (SSSR count). The topological polar surface area (TPSA) is 85.1 Å². The monoisotopic (exact) mass is 411 g/mol. The number of nitrogens with two attached hydrogens (primary N) is 1. The van der Waals surface area contributed by atoms with Crippen LogP contribution in [0.4, 0.5) is 25.2 Å². The third-order valence-corrected chi connectivity index (χ3v) is 2.11. The average Bonchev–Trinajstić information content (AvgIpc) is 2.86.